The lowest BCUT2D eigenvalue weighted by Gasteiger charge is -2.04. The van der Waals surface area contributed by atoms with Gasteiger partial charge in [0.25, 0.3) is 0 Å². The summed E-state index contributed by atoms with van der Waals surface area (Å²) in [6.07, 6.45) is 0. The minimum absolute atomic E-state index is 0.394. The van der Waals surface area contributed by atoms with Gasteiger partial charge in [0.1, 0.15) is 5.52 Å². The smallest absolute Gasteiger partial charge is 0.227 e. The zero-order chi connectivity index (χ0) is 16.1. The molecular formula is C17H9Br2ClN2O. The van der Waals surface area contributed by atoms with Gasteiger partial charge in [0.2, 0.25) is 5.89 Å². The molecule has 0 amide bonds. The van der Waals surface area contributed by atoms with E-state index < -0.39 is 0 Å². The topological polar surface area (TPSA) is 52.0 Å². The van der Waals surface area contributed by atoms with Crippen molar-refractivity contribution in [2.24, 2.45) is 0 Å². The molecule has 3 nitrogen and oxygen atoms in total. The Labute approximate surface area is 153 Å². The normalized spacial score (nSPS) is 11.4. The van der Waals surface area contributed by atoms with E-state index in [0.717, 1.165) is 20.8 Å². The van der Waals surface area contributed by atoms with Crippen molar-refractivity contribution in [1.29, 1.82) is 0 Å². The number of nitrogens with two attached hydrogens (primary N) is 1. The molecule has 0 saturated heterocycles. The minimum atomic E-state index is 0.394. The molecule has 2 N–H and O–H groups in total. The highest BCUT2D eigenvalue weighted by molar-refractivity contribution is 9.11. The highest BCUT2D eigenvalue weighted by Gasteiger charge is 2.17. The third-order valence-electron chi connectivity index (χ3n) is 3.71. The molecule has 0 atom stereocenters. The molecule has 1 heterocycles. The lowest BCUT2D eigenvalue weighted by Crippen LogP contribution is -1.88. The van der Waals surface area contributed by atoms with Gasteiger partial charge in [-0.1, -0.05) is 51.8 Å². The molecule has 0 radical (unpaired) electrons. The SMILES string of the molecule is Nc1c(Br)cc2oc(-c3cccc4c(Br)cccc34)nc2c1Cl. The first-order valence-electron chi connectivity index (χ1n) is 6.78. The summed E-state index contributed by atoms with van der Waals surface area (Å²) < 4.78 is 7.64. The monoisotopic (exact) mass is 450 g/mol. The van der Waals surface area contributed by atoms with Crippen molar-refractivity contribution in [3.05, 3.63) is 56.4 Å². The molecule has 4 aromatic rings. The van der Waals surface area contributed by atoms with E-state index in [4.69, 9.17) is 21.8 Å². The van der Waals surface area contributed by atoms with Crippen LogP contribution in [-0.2, 0) is 0 Å². The predicted molar refractivity (Wildman–Crippen MR) is 102 cm³/mol. The Morgan fingerprint density at radius 3 is 2.57 bits per heavy atom. The molecule has 3 aromatic carbocycles. The molecular weight excluding hydrogens is 443 g/mol. The van der Waals surface area contributed by atoms with Crippen molar-refractivity contribution >= 4 is 71.0 Å². The van der Waals surface area contributed by atoms with Gasteiger partial charge < -0.3 is 10.2 Å². The Morgan fingerprint density at radius 1 is 1.00 bits per heavy atom. The number of fused-ring (bicyclic) bond motifs is 2. The zero-order valence-corrected chi connectivity index (χ0v) is 15.5. The van der Waals surface area contributed by atoms with Gasteiger partial charge >= 0.3 is 0 Å². The van der Waals surface area contributed by atoms with Gasteiger partial charge in [-0.05, 0) is 44.9 Å². The standard InChI is InChI=1S/C17H9Br2ClN2O/c18-11-6-2-3-8-9(11)4-1-5-10(8)17-22-16-13(23-17)7-12(19)15(21)14(16)20/h1-7H,21H2. The summed E-state index contributed by atoms with van der Waals surface area (Å²) in [6.45, 7) is 0. The van der Waals surface area contributed by atoms with E-state index in [1.54, 1.807) is 6.07 Å². The number of hydrogen-bond donors (Lipinski definition) is 1. The largest absolute Gasteiger partial charge is 0.436 e. The summed E-state index contributed by atoms with van der Waals surface area (Å²) >= 11 is 13.2. The van der Waals surface area contributed by atoms with Crippen LogP contribution in [0.4, 0.5) is 5.69 Å². The van der Waals surface area contributed by atoms with Crippen LogP contribution in [0.3, 0.4) is 0 Å². The van der Waals surface area contributed by atoms with Gasteiger partial charge in [-0.3, -0.25) is 0 Å². The average molecular weight is 453 g/mol. The molecule has 0 aliphatic heterocycles. The van der Waals surface area contributed by atoms with Crippen LogP contribution < -0.4 is 5.73 Å². The van der Waals surface area contributed by atoms with Crippen molar-refractivity contribution in [1.82, 2.24) is 4.98 Å². The molecule has 0 saturated carbocycles. The van der Waals surface area contributed by atoms with Gasteiger partial charge in [-0.15, -0.1) is 0 Å². The lowest BCUT2D eigenvalue weighted by atomic mass is 10.0. The van der Waals surface area contributed by atoms with Crippen LogP contribution in [0.25, 0.3) is 33.3 Å². The highest BCUT2D eigenvalue weighted by atomic mass is 79.9. The number of oxazole rings is 1. The maximum absolute atomic E-state index is 6.29. The second-order valence-electron chi connectivity index (χ2n) is 5.09. The fourth-order valence-electron chi connectivity index (χ4n) is 2.59. The van der Waals surface area contributed by atoms with E-state index in [0.29, 0.717) is 32.2 Å². The third kappa shape index (κ3) is 2.35. The summed E-state index contributed by atoms with van der Waals surface area (Å²) in [6, 6.07) is 13.8. The maximum atomic E-state index is 6.29. The first kappa shape index (κ1) is 15.0. The lowest BCUT2D eigenvalue weighted by molar-refractivity contribution is 0.620. The van der Waals surface area contributed by atoms with E-state index in [-0.39, 0.29) is 0 Å². The molecule has 0 spiro atoms. The highest BCUT2D eigenvalue weighted by Crippen LogP contribution is 2.39. The number of rotatable bonds is 1. The van der Waals surface area contributed by atoms with E-state index in [1.807, 2.05) is 36.4 Å². The zero-order valence-electron chi connectivity index (χ0n) is 11.6. The molecule has 114 valence electrons. The van der Waals surface area contributed by atoms with Crippen LogP contribution in [0, 0.1) is 0 Å². The van der Waals surface area contributed by atoms with Gasteiger partial charge in [0.05, 0.1) is 10.7 Å². The fourth-order valence-corrected chi connectivity index (χ4v) is 3.84. The Hall–Kier alpha value is -1.56. The van der Waals surface area contributed by atoms with Crippen LogP contribution in [0.1, 0.15) is 0 Å². The fraction of sp³-hybridized carbons (Fsp3) is 0. The average Bonchev–Trinajstić information content (AvgIpc) is 2.96. The molecule has 6 heteroatoms. The van der Waals surface area contributed by atoms with Crippen molar-refractivity contribution in [2.45, 2.75) is 0 Å². The van der Waals surface area contributed by atoms with Crippen molar-refractivity contribution in [2.75, 3.05) is 5.73 Å². The van der Waals surface area contributed by atoms with E-state index in [1.165, 1.54) is 0 Å². The summed E-state index contributed by atoms with van der Waals surface area (Å²) in [7, 11) is 0. The Kier molecular flexibility index (Phi) is 3.59. The summed E-state index contributed by atoms with van der Waals surface area (Å²) in [5, 5.41) is 2.54. The Morgan fingerprint density at radius 2 is 1.74 bits per heavy atom. The van der Waals surface area contributed by atoms with Crippen LogP contribution in [0.15, 0.2) is 55.8 Å². The quantitative estimate of drug-likeness (QED) is 0.340. The number of benzene rings is 3. The first-order chi connectivity index (χ1) is 11.1. The van der Waals surface area contributed by atoms with Crippen LogP contribution >= 0.6 is 43.5 Å². The molecule has 0 fully saturated rings. The second kappa shape index (κ2) is 5.51. The van der Waals surface area contributed by atoms with E-state index >= 15 is 0 Å². The Bertz CT molecular complexity index is 1080. The molecule has 0 aliphatic rings. The number of anilines is 1. The number of aromatic nitrogens is 1. The van der Waals surface area contributed by atoms with Crippen LogP contribution in [-0.4, -0.2) is 4.98 Å². The molecule has 0 bridgehead atoms. The molecule has 1 aromatic heterocycles. The summed E-state index contributed by atoms with van der Waals surface area (Å²) in [4.78, 5) is 4.55. The third-order valence-corrected chi connectivity index (χ3v) is 5.44. The van der Waals surface area contributed by atoms with Gasteiger partial charge in [-0.25, -0.2) is 4.98 Å². The minimum Gasteiger partial charge on any atom is -0.436 e. The molecule has 23 heavy (non-hydrogen) atoms. The van der Waals surface area contributed by atoms with Crippen LogP contribution in [0.2, 0.25) is 5.02 Å². The number of nitrogen functional groups attached to an aromatic ring is 1. The van der Waals surface area contributed by atoms with Gasteiger partial charge in [-0.2, -0.15) is 0 Å². The van der Waals surface area contributed by atoms with Crippen molar-refractivity contribution in [3.63, 3.8) is 0 Å². The van der Waals surface area contributed by atoms with E-state index in [2.05, 4.69) is 36.8 Å². The Balaban J connectivity index is 2.04. The van der Waals surface area contributed by atoms with Gasteiger partial charge in [0, 0.05) is 14.5 Å². The number of halogens is 3. The van der Waals surface area contributed by atoms with Crippen molar-refractivity contribution < 1.29 is 4.42 Å². The van der Waals surface area contributed by atoms with E-state index in [9.17, 15) is 0 Å². The molecule has 0 aliphatic carbocycles. The van der Waals surface area contributed by atoms with Crippen LogP contribution in [0.5, 0.6) is 0 Å². The second-order valence-corrected chi connectivity index (χ2v) is 7.18. The molecule has 0 unspecified atom stereocenters. The van der Waals surface area contributed by atoms with Gasteiger partial charge in [0.15, 0.2) is 5.58 Å². The summed E-state index contributed by atoms with van der Waals surface area (Å²) in [5.74, 6) is 0.517. The number of hydrogen-bond acceptors (Lipinski definition) is 3. The van der Waals surface area contributed by atoms with Crippen molar-refractivity contribution in [3.8, 4) is 11.5 Å². The first-order valence-corrected chi connectivity index (χ1v) is 8.74. The maximum Gasteiger partial charge on any atom is 0.227 e. The molecule has 4 rings (SSSR count). The predicted octanol–water partition coefficient (Wildman–Crippen LogP) is 6.41. The number of nitrogens with zero attached hydrogens (tertiary/aromatic N) is 1. The summed E-state index contributed by atoms with van der Waals surface area (Å²) in [5.41, 5.74) is 8.47.